The fourth-order valence-electron chi connectivity index (χ4n) is 4.68. The number of carbonyl (C=O) groups excluding carboxylic acids is 2. The standard InChI is InChI=1S/C21H25ClN4O2.HI/c1-23-21(25-12-13-4-2-5-16(22)10-13)24-8-3-9-26-19(27)17-14-6-7-15(11-14)18(17)20(26)28;/h2,4-7,10,14-15,17-18H,3,8-9,11-12H2,1H3,(H2,23,24,25);1H. The fourth-order valence-corrected chi connectivity index (χ4v) is 4.89. The second-order valence-electron chi connectivity index (χ2n) is 7.66. The molecule has 0 radical (unpaired) electrons. The van der Waals surface area contributed by atoms with E-state index in [9.17, 15) is 9.59 Å². The highest BCUT2D eigenvalue weighted by atomic mass is 127. The number of amides is 2. The smallest absolute Gasteiger partial charge is 0.233 e. The molecule has 1 saturated carbocycles. The first kappa shape index (κ1) is 22.1. The van der Waals surface area contributed by atoms with Crippen LogP contribution in [0.4, 0.5) is 0 Å². The predicted molar refractivity (Wildman–Crippen MR) is 124 cm³/mol. The maximum Gasteiger partial charge on any atom is 0.233 e. The topological polar surface area (TPSA) is 73.8 Å². The number of hydrogen-bond donors (Lipinski definition) is 2. The summed E-state index contributed by atoms with van der Waals surface area (Å²) < 4.78 is 0. The lowest BCUT2D eigenvalue weighted by atomic mass is 9.85. The number of nitrogens with zero attached hydrogens (tertiary/aromatic N) is 2. The van der Waals surface area contributed by atoms with Gasteiger partial charge >= 0.3 is 0 Å². The van der Waals surface area contributed by atoms with Gasteiger partial charge in [0.25, 0.3) is 0 Å². The molecule has 0 aromatic heterocycles. The van der Waals surface area contributed by atoms with Crippen molar-refractivity contribution in [1.82, 2.24) is 15.5 Å². The minimum absolute atomic E-state index is 0. The van der Waals surface area contributed by atoms with Crippen LogP contribution in [0.25, 0.3) is 0 Å². The molecule has 0 spiro atoms. The zero-order chi connectivity index (χ0) is 19.7. The van der Waals surface area contributed by atoms with E-state index < -0.39 is 0 Å². The van der Waals surface area contributed by atoms with Crippen LogP contribution in [0.5, 0.6) is 0 Å². The Morgan fingerprint density at radius 3 is 2.48 bits per heavy atom. The van der Waals surface area contributed by atoms with Crippen molar-refractivity contribution >= 4 is 53.4 Å². The van der Waals surface area contributed by atoms with Crippen LogP contribution in [-0.2, 0) is 16.1 Å². The van der Waals surface area contributed by atoms with Crippen LogP contribution in [-0.4, -0.2) is 42.8 Å². The van der Waals surface area contributed by atoms with Crippen LogP contribution in [0, 0.1) is 23.7 Å². The quantitative estimate of drug-likeness (QED) is 0.149. The third-order valence-corrected chi connectivity index (χ3v) is 6.22. The number of guanidine groups is 1. The molecule has 4 rings (SSSR count). The Morgan fingerprint density at radius 2 is 1.86 bits per heavy atom. The van der Waals surface area contributed by atoms with Gasteiger partial charge in [-0.3, -0.25) is 19.5 Å². The number of rotatable bonds is 6. The molecule has 29 heavy (non-hydrogen) atoms. The van der Waals surface area contributed by atoms with Gasteiger partial charge in [0.2, 0.25) is 11.8 Å². The van der Waals surface area contributed by atoms with E-state index >= 15 is 0 Å². The molecular weight excluding hydrogens is 503 g/mol. The van der Waals surface area contributed by atoms with Crippen LogP contribution in [0.3, 0.4) is 0 Å². The lowest BCUT2D eigenvalue weighted by Crippen LogP contribution is -2.39. The molecule has 8 heteroatoms. The maximum absolute atomic E-state index is 12.7. The summed E-state index contributed by atoms with van der Waals surface area (Å²) in [6.45, 7) is 1.71. The molecule has 1 aromatic carbocycles. The summed E-state index contributed by atoms with van der Waals surface area (Å²) in [5, 5.41) is 7.17. The molecule has 2 fully saturated rings. The molecule has 1 aliphatic heterocycles. The van der Waals surface area contributed by atoms with Crippen LogP contribution in [0.1, 0.15) is 18.4 Å². The summed E-state index contributed by atoms with van der Waals surface area (Å²) in [6, 6.07) is 7.66. The summed E-state index contributed by atoms with van der Waals surface area (Å²) >= 11 is 6.00. The summed E-state index contributed by atoms with van der Waals surface area (Å²) in [6.07, 6.45) is 5.91. The Kier molecular flexibility index (Phi) is 7.21. The lowest BCUT2D eigenvalue weighted by molar-refractivity contribution is -0.140. The van der Waals surface area contributed by atoms with E-state index in [0.717, 1.165) is 12.0 Å². The van der Waals surface area contributed by atoms with Crippen LogP contribution in [0.2, 0.25) is 5.02 Å². The van der Waals surface area contributed by atoms with Gasteiger partial charge in [-0.2, -0.15) is 0 Å². The fraction of sp³-hybridized carbons (Fsp3) is 0.476. The monoisotopic (exact) mass is 528 g/mol. The molecule has 2 amide bonds. The molecule has 1 aromatic rings. The van der Waals surface area contributed by atoms with Crippen LogP contribution >= 0.6 is 35.6 Å². The van der Waals surface area contributed by atoms with Crippen molar-refractivity contribution in [2.45, 2.75) is 19.4 Å². The molecule has 1 saturated heterocycles. The van der Waals surface area contributed by atoms with Crippen molar-refractivity contribution in [2.24, 2.45) is 28.7 Å². The van der Waals surface area contributed by atoms with Gasteiger partial charge in [0.05, 0.1) is 11.8 Å². The van der Waals surface area contributed by atoms with Gasteiger partial charge in [0.1, 0.15) is 0 Å². The second-order valence-corrected chi connectivity index (χ2v) is 8.10. The van der Waals surface area contributed by atoms with E-state index in [0.29, 0.717) is 37.0 Å². The van der Waals surface area contributed by atoms with Gasteiger partial charge in [-0.1, -0.05) is 35.9 Å². The average molecular weight is 529 g/mol. The first-order chi connectivity index (χ1) is 13.6. The molecule has 3 aliphatic rings. The molecule has 2 N–H and O–H groups in total. The molecule has 4 unspecified atom stereocenters. The predicted octanol–water partition coefficient (Wildman–Crippen LogP) is 2.82. The molecule has 2 aliphatic carbocycles. The summed E-state index contributed by atoms with van der Waals surface area (Å²) in [5.74, 6) is 1.04. The Morgan fingerprint density at radius 1 is 1.17 bits per heavy atom. The number of hydrogen-bond acceptors (Lipinski definition) is 3. The van der Waals surface area contributed by atoms with Gasteiger partial charge in [-0.05, 0) is 42.4 Å². The third-order valence-electron chi connectivity index (χ3n) is 5.99. The average Bonchev–Trinajstić information content (AvgIpc) is 3.36. The highest BCUT2D eigenvalue weighted by Gasteiger charge is 2.58. The minimum atomic E-state index is -0.109. The van der Waals surface area contributed by atoms with Gasteiger partial charge in [-0.25, -0.2) is 0 Å². The van der Waals surface area contributed by atoms with Crippen molar-refractivity contribution in [3.05, 3.63) is 47.0 Å². The van der Waals surface area contributed by atoms with Gasteiger partial charge in [0, 0.05) is 31.7 Å². The van der Waals surface area contributed by atoms with E-state index in [1.165, 1.54) is 4.90 Å². The normalized spacial score (nSPS) is 27.2. The number of carbonyl (C=O) groups is 2. The molecule has 4 atom stereocenters. The van der Waals surface area contributed by atoms with E-state index in [2.05, 4.69) is 27.8 Å². The summed E-state index contributed by atoms with van der Waals surface area (Å²) in [5.41, 5.74) is 1.07. The van der Waals surface area contributed by atoms with E-state index in [4.69, 9.17) is 11.6 Å². The zero-order valence-electron chi connectivity index (χ0n) is 16.3. The number of halogens is 2. The first-order valence-electron chi connectivity index (χ1n) is 9.81. The number of allylic oxidation sites excluding steroid dienone is 2. The number of aliphatic imine (C=N–C) groups is 1. The van der Waals surface area contributed by atoms with Gasteiger partial charge < -0.3 is 10.6 Å². The number of nitrogens with one attached hydrogen (secondary N) is 2. The van der Waals surface area contributed by atoms with Crippen LogP contribution in [0.15, 0.2) is 41.4 Å². The van der Waals surface area contributed by atoms with Crippen molar-refractivity contribution in [2.75, 3.05) is 20.1 Å². The molecular formula is C21H26ClIN4O2. The Labute approximate surface area is 193 Å². The molecule has 156 valence electrons. The Bertz CT molecular complexity index is 814. The Hall–Kier alpha value is -1.61. The number of likely N-dealkylation sites (tertiary alicyclic amines) is 1. The number of imide groups is 1. The number of benzene rings is 1. The lowest BCUT2D eigenvalue weighted by Gasteiger charge is -2.18. The zero-order valence-corrected chi connectivity index (χ0v) is 19.4. The first-order valence-corrected chi connectivity index (χ1v) is 10.2. The number of fused-ring (bicyclic) bond motifs is 5. The Balaban J connectivity index is 0.00000240. The highest BCUT2D eigenvalue weighted by molar-refractivity contribution is 14.0. The van der Waals surface area contributed by atoms with E-state index in [-0.39, 0.29) is 59.5 Å². The third kappa shape index (κ3) is 4.45. The SMILES string of the molecule is CN=C(NCCCN1C(=O)C2C3C=CC(C3)C2C1=O)NCc1cccc(Cl)c1.I. The largest absolute Gasteiger partial charge is 0.356 e. The molecule has 2 bridgehead atoms. The van der Waals surface area contributed by atoms with Crippen molar-refractivity contribution in [3.8, 4) is 0 Å². The summed E-state index contributed by atoms with van der Waals surface area (Å²) in [4.78, 5) is 31.0. The van der Waals surface area contributed by atoms with Gasteiger partial charge in [0.15, 0.2) is 5.96 Å². The van der Waals surface area contributed by atoms with Gasteiger partial charge in [-0.15, -0.1) is 24.0 Å². The van der Waals surface area contributed by atoms with E-state index in [1.807, 2.05) is 24.3 Å². The summed E-state index contributed by atoms with van der Waals surface area (Å²) in [7, 11) is 1.71. The van der Waals surface area contributed by atoms with Crippen molar-refractivity contribution < 1.29 is 9.59 Å². The second kappa shape index (κ2) is 9.47. The molecule has 6 nitrogen and oxygen atoms in total. The maximum atomic E-state index is 12.7. The minimum Gasteiger partial charge on any atom is -0.356 e. The van der Waals surface area contributed by atoms with E-state index in [1.54, 1.807) is 7.05 Å². The molecule has 1 heterocycles. The van der Waals surface area contributed by atoms with Crippen molar-refractivity contribution in [3.63, 3.8) is 0 Å². The highest BCUT2D eigenvalue weighted by Crippen LogP contribution is 2.52. The van der Waals surface area contributed by atoms with Crippen molar-refractivity contribution in [1.29, 1.82) is 0 Å². The van der Waals surface area contributed by atoms with Crippen LogP contribution < -0.4 is 10.6 Å².